The minimum Gasteiger partial charge on any atom is -0.323 e. The Morgan fingerprint density at radius 3 is 2.97 bits per heavy atom. The maximum absolute atomic E-state index is 13.3. The molecule has 0 radical (unpaired) electrons. The average Bonchev–Trinajstić information content (AvgIpc) is 3.40. The van der Waals surface area contributed by atoms with Gasteiger partial charge in [-0.05, 0) is 55.9 Å². The van der Waals surface area contributed by atoms with E-state index in [0.717, 1.165) is 35.1 Å². The number of hydrogen-bond acceptors (Lipinski definition) is 6. The van der Waals surface area contributed by atoms with Crippen molar-refractivity contribution in [3.8, 4) is 10.7 Å². The van der Waals surface area contributed by atoms with Crippen molar-refractivity contribution in [3.05, 3.63) is 40.8 Å². The number of nitrogens with one attached hydrogen (secondary N) is 1. The van der Waals surface area contributed by atoms with Crippen molar-refractivity contribution in [1.82, 2.24) is 14.8 Å². The first-order valence-corrected chi connectivity index (χ1v) is 13.0. The Balaban J connectivity index is 1.34. The number of fused-ring (bicyclic) bond motifs is 2. The molecular weight excluding hydrogens is 454 g/mol. The number of carbonyl (C=O) groups excluding carboxylic acids is 2. The maximum atomic E-state index is 13.3. The number of nitrogens with zero attached hydrogens (tertiary/aromatic N) is 4. The van der Waals surface area contributed by atoms with Crippen LogP contribution >= 0.6 is 23.1 Å². The summed E-state index contributed by atoms with van der Waals surface area (Å²) in [7, 11) is 1.95. The van der Waals surface area contributed by atoms with E-state index in [0.29, 0.717) is 10.8 Å². The van der Waals surface area contributed by atoms with E-state index in [1.54, 1.807) is 4.90 Å². The first kappa shape index (κ1) is 22.2. The van der Waals surface area contributed by atoms with E-state index in [-0.39, 0.29) is 18.4 Å². The van der Waals surface area contributed by atoms with Crippen LogP contribution < -0.4 is 10.2 Å². The topological polar surface area (TPSA) is 80.1 Å². The summed E-state index contributed by atoms with van der Waals surface area (Å²) in [6.07, 6.45) is 4.79. The molecular formula is C24H27N5O2S2. The lowest BCUT2D eigenvalue weighted by atomic mass is 9.87. The lowest BCUT2D eigenvalue weighted by Crippen LogP contribution is -2.45. The maximum Gasteiger partial charge on any atom is 0.244 e. The third-order valence-electron chi connectivity index (χ3n) is 6.48. The summed E-state index contributed by atoms with van der Waals surface area (Å²) in [4.78, 5) is 29.5. The largest absolute Gasteiger partial charge is 0.323 e. The number of rotatable bonds is 5. The highest BCUT2D eigenvalue weighted by Gasteiger charge is 2.31. The van der Waals surface area contributed by atoms with Crippen molar-refractivity contribution in [2.45, 2.75) is 49.9 Å². The first-order chi connectivity index (χ1) is 15.9. The molecule has 1 aliphatic carbocycles. The summed E-state index contributed by atoms with van der Waals surface area (Å²) < 4.78 is 1.97. The number of anilines is 2. The smallest absolute Gasteiger partial charge is 0.244 e. The Kier molecular flexibility index (Phi) is 6.01. The third-order valence-corrected chi connectivity index (χ3v) is 8.84. The molecule has 33 heavy (non-hydrogen) atoms. The van der Waals surface area contributed by atoms with E-state index in [1.807, 2.05) is 54.1 Å². The molecule has 1 aromatic carbocycles. The molecule has 1 N–H and O–H groups in total. The summed E-state index contributed by atoms with van der Waals surface area (Å²) in [6.45, 7) is 4.14. The van der Waals surface area contributed by atoms with E-state index in [9.17, 15) is 9.59 Å². The Morgan fingerprint density at radius 2 is 2.15 bits per heavy atom. The van der Waals surface area contributed by atoms with Gasteiger partial charge in [0.25, 0.3) is 0 Å². The van der Waals surface area contributed by atoms with E-state index in [4.69, 9.17) is 0 Å². The van der Waals surface area contributed by atoms with E-state index in [2.05, 4.69) is 28.5 Å². The van der Waals surface area contributed by atoms with Gasteiger partial charge in [-0.25, -0.2) is 0 Å². The molecule has 2 atom stereocenters. The fourth-order valence-corrected chi connectivity index (χ4v) is 6.65. The average molecular weight is 482 g/mol. The minimum atomic E-state index is -0.415. The van der Waals surface area contributed by atoms with Gasteiger partial charge in [-0.3, -0.25) is 14.5 Å². The summed E-state index contributed by atoms with van der Waals surface area (Å²) >= 11 is 3.19. The molecule has 3 aromatic rings. The zero-order valence-electron chi connectivity index (χ0n) is 19.0. The Hall–Kier alpha value is -2.65. The van der Waals surface area contributed by atoms with Crippen LogP contribution in [0.2, 0.25) is 0 Å². The molecule has 9 heteroatoms. The summed E-state index contributed by atoms with van der Waals surface area (Å²) in [5.41, 5.74) is 2.84. The SMILES string of the molecule is CCC1CCc2sc(-c3nnc(SC(C)C(=O)N4CC(=O)Nc5ccccc54)n3C)cc2C1. The van der Waals surface area contributed by atoms with Crippen molar-refractivity contribution in [2.24, 2.45) is 13.0 Å². The molecule has 0 saturated carbocycles. The minimum absolute atomic E-state index is 0.0182. The van der Waals surface area contributed by atoms with Gasteiger partial charge in [-0.15, -0.1) is 21.5 Å². The van der Waals surface area contributed by atoms with Crippen molar-refractivity contribution in [3.63, 3.8) is 0 Å². The number of benzene rings is 1. The number of thiophene rings is 1. The molecule has 1 aliphatic heterocycles. The third kappa shape index (κ3) is 4.19. The van der Waals surface area contributed by atoms with Crippen LogP contribution in [0.15, 0.2) is 35.5 Å². The summed E-state index contributed by atoms with van der Waals surface area (Å²) in [5, 5.41) is 11.9. The molecule has 2 amide bonds. The fourth-order valence-electron chi connectivity index (χ4n) is 4.55. The highest BCUT2D eigenvalue weighted by atomic mass is 32.2. The highest BCUT2D eigenvalue weighted by Crippen LogP contribution is 2.38. The predicted octanol–water partition coefficient (Wildman–Crippen LogP) is 4.52. The van der Waals surface area contributed by atoms with Gasteiger partial charge >= 0.3 is 0 Å². The molecule has 5 rings (SSSR count). The Labute approximate surface area is 201 Å². The molecule has 0 spiro atoms. The quantitative estimate of drug-likeness (QED) is 0.542. The summed E-state index contributed by atoms with van der Waals surface area (Å²) in [5.74, 6) is 1.31. The van der Waals surface area contributed by atoms with Gasteiger partial charge in [0.2, 0.25) is 11.8 Å². The van der Waals surface area contributed by atoms with E-state index in [1.165, 1.54) is 35.0 Å². The molecule has 2 unspecified atom stereocenters. The standard InChI is InChI=1S/C24H27N5O2S2/c1-4-15-9-10-19-16(11-15)12-20(33-19)22-26-27-24(28(22)3)32-14(2)23(31)29-13-21(30)25-17-7-5-6-8-18(17)29/h5-8,12,14-15H,4,9-11,13H2,1-3H3,(H,25,30). The summed E-state index contributed by atoms with van der Waals surface area (Å²) in [6, 6.07) is 9.65. The number of carbonyl (C=O) groups is 2. The molecule has 0 fully saturated rings. The van der Waals surface area contributed by atoms with E-state index >= 15 is 0 Å². The van der Waals surface area contributed by atoms with Gasteiger partial charge in [0.1, 0.15) is 6.54 Å². The van der Waals surface area contributed by atoms with Crippen LogP contribution in [0.4, 0.5) is 11.4 Å². The van der Waals surface area contributed by atoms with Gasteiger partial charge in [0, 0.05) is 11.9 Å². The number of aryl methyl sites for hydroxylation is 1. The zero-order valence-corrected chi connectivity index (χ0v) is 20.6. The predicted molar refractivity (Wildman–Crippen MR) is 133 cm³/mol. The second-order valence-electron chi connectivity index (χ2n) is 8.69. The molecule has 2 aromatic heterocycles. The van der Waals surface area contributed by atoms with Gasteiger partial charge in [0.15, 0.2) is 11.0 Å². The molecule has 3 heterocycles. The van der Waals surface area contributed by atoms with Crippen molar-refractivity contribution in [2.75, 3.05) is 16.8 Å². The number of hydrogen-bond donors (Lipinski definition) is 1. The fraction of sp³-hybridized carbons (Fsp3) is 0.417. The number of aromatic nitrogens is 3. The molecule has 2 aliphatic rings. The van der Waals surface area contributed by atoms with Crippen LogP contribution in [0.1, 0.15) is 37.1 Å². The van der Waals surface area contributed by atoms with E-state index < -0.39 is 5.25 Å². The molecule has 7 nitrogen and oxygen atoms in total. The van der Waals surface area contributed by atoms with Crippen molar-refractivity contribution in [1.29, 1.82) is 0 Å². The Morgan fingerprint density at radius 1 is 1.33 bits per heavy atom. The number of thioether (sulfide) groups is 1. The first-order valence-electron chi connectivity index (χ1n) is 11.3. The van der Waals surface area contributed by atoms with Crippen molar-refractivity contribution >= 4 is 46.3 Å². The van der Waals surface area contributed by atoms with Crippen LogP contribution in [-0.4, -0.2) is 38.4 Å². The molecule has 172 valence electrons. The molecule has 0 bridgehead atoms. The molecule has 0 saturated heterocycles. The van der Waals surface area contributed by atoms with Crippen molar-refractivity contribution < 1.29 is 9.59 Å². The van der Waals surface area contributed by atoms with Crippen LogP contribution in [0.3, 0.4) is 0 Å². The van der Waals surface area contributed by atoms with Gasteiger partial charge < -0.3 is 9.88 Å². The second kappa shape index (κ2) is 8.95. The number of para-hydroxylation sites is 2. The highest BCUT2D eigenvalue weighted by molar-refractivity contribution is 8.00. The zero-order chi connectivity index (χ0) is 23.1. The van der Waals surface area contributed by atoms with Crippen LogP contribution in [-0.2, 0) is 29.5 Å². The normalized spacial score (nSPS) is 18.5. The Bertz CT molecular complexity index is 1220. The lowest BCUT2D eigenvalue weighted by molar-refractivity contribution is -0.121. The lowest BCUT2D eigenvalue weighted by Gasteiger charge is -2.30. The van der Waals surface area contributed by atoms with Crippen LogP contribution in [0.5, 0.6) is 0 Å². The van der Waals surface area contributed by atoms with Gasteiger partial charge in [0.05, 0.1) is 21.5 Å². The number of amides is 2. The monoisotopic (exact) mass is 481 g/mol. The second-order valence-corrected chi connectivity index (χ2v) is 11.1. The van der Waals surface area contributed by atoms with Crippen LogP contribution in [0.25, 0.3) is 10.7 Å². The van der Waals surface area contributed by atoms with Gasteiger partial charge in [-0.2, -0.15) is 0 Å². The van der Waals surface area contributed by atoms with Crippen LogP contribution in [0, 0.1) is 5.92 Å². The van der Waals surface area contributed by atoms with Gasteiger partial charge in [-0.1, -0.05) is 37.2 Å².